The maximum absolute atomic E-state index is 13.5. The highest BCUT2D eigenvalue weighted by molar-refractivity contribution is 6.30. The zero-order valence-electron chi connectivity index (χ0n) is 28.3. The summed E-state index contributed by atoms with van der Waals surface area (Å²) in [5, 5.41) is 7.06. The number of hydrogen-bond acceptors (Lipinski definition) is 6. The number of hydrogen-bond donors (Lipinski definition) is 0. The van der Waals surface area contributed by atoms with Gasteiger partial charge in [-0.25, -0.2) is 4.79 Å². The first kappa shape index (κ1) is 34.0. The van der Waals surface area contributed by atoms with Crippen LogP contribution in [0.25, 0.3) is 10.9 Å². The third kappa shape index (κ3) is 7.77. The predicted octanol–water partition coefficient (Wildman–Crippen LogP) is 8.06. The van der Waals surface area contributed by atoms with Crippen molar-refractivity contribution in [2.24, 2.45) is 0 Å². The van der Waals surface area contributed by atoms with E-state index in [4.69, 9.17) is 26.2 Å². The van der Waals surface area contributed by atoms with Gasteiger partial charge >= 0.3 is 12.1 Å². The third-order valence-electron chi connectivity index (χ3n) is 8.90. The molecule has 1 unspecified atom stereocenters. The highest BCUT2D eigenvalue weighted by atomic mass is 35.5. The minimum Gasteiger partial charge on any atom is -0.459 e. The van der Waals surface area contributed by atoms with Gasteiger partial charge in [-0.2, -0.15) is 5.10 Å². The number of rotatable bonds is 7. The number of benzene rings is 2. The SMILES string of the molecule is C=CC1(c2ccc3c(C4CCN(CC(=O)OC(C)(C)C)CC4)nn(Cc4ccc(Cl)cc4)c3c2)CCCCN1C(=O)OC(C)(C)C. The molecule has 2 aliphatic heterocycles. The number of carbonyl (C=O) groups excluding carboxylic acids is 2. The molecule has 3 aromatic rings. The molecular formula is C37H49ClN4O4. The Morgan fingerprint density at radius 2 is 1.65 bits per heavy atom. The fourth-order valence-electron chi connectivity index (χ4n) is 6.77. The molecule has 1 atom stereocenters. The van der Waals surface area contributed by atoms with Gasteiger partial charge in [-0.05, 0) is 116 Å². The van der Waals surface area contributed by atoms with Gasteiger partial charge in [0.1, 0.15) is 11.2 Å². The molecule has 9 heteroatoms. The molecule has 2 aromatic carbocycles. The van der Waals surface area contributed by atoms with Crippen LogP contribution >= 0.6 is 11.6 Å². The van der Waals surface area contributed by atoms with Gasteiger partial charge in [-0.1, -0.05) is 41.9 Å². The third-order valence-corrected chi connectivity index (χ3v) is 9.15. The van der Waals surface area contributed by atoms with Crippen LogP contribution in [0.1, 0.15) is 96.4 Å². The van der Waals surface area contributed by atoms with Crippen LogP contribution in [0.2, 0.25) is 5.02 Å². The molecule has 3 heterocycles. The Morgan fingerprint density at radius 1 is 0.978 bits per heavy atom. The van der Waals surface area contributed by atoms with Crippen molar-refractivity contribution in [1.29, 1.82) is 0 Å². The lowest BCUT2D eigenvalue weighted by molar-refractivity contribution is -0.156. The summed E-state index contributed by atoms with van der Waals surface area (Å²) in [5.41, 5.74) is 2.44. The number of amides is 1. The zero-order valence-corrected chi connectivity index (χ0v) is 29.0. The molecule has 8 nitrogen and oxygen atoms in total. The number of piperidine rings is 2. The molecule has 5 rings (SSSR count). The van der Waals surface area contributed by atoms with Crippen molar-refractivity contribution in [2.75, 3.05) is 26.2 Å². The maximum Gasteiger partial charge on any atom is 0.411 e. The van der Waals surface area contributed by atoms with Crippen LogP contribution in [0, 0.1) is 0 Å². The topological polar surface area (TPSA) is 76.9 Å². The summed E-state index contributed by atoms with van der Waals surface area (Å²) in [6, 6.07) is 14.4. The molecule has 2 fully saturated rings. The van der Waals surface area contributed by atoms with E-state index in [1.54, 1.807) is 0 Å². The first-order valence-corrected chi connectivity index (χ1v) is 16.9. The Kier molecular flexibility index (Phi) is 9.90. The number of halogens is 1. The van der Waals surface area contributed by atoms with E-state index in [1.807, 2.05) is 76.8 Å². The number of carbonyl (C=O) groups is 2. The summed E-state index contributed by atoms with van der Waals surface area (Å²) in [5.74, 6) is 0.0754. The van der Waals surface area contributed by atoms with E-state index in [9.17, 15) is 9.59 Å². The molecule has 2 aliphatic rings. The normalized spacial score (nSPS) is 20.1. The second-order valence-electron chi connectivity index (χ2n) is 14.8. The summed E-state index contributed by atoms with van der Waals surface area (Å²) in [7, 11) is 0. The first-order chi connectivity index (χ1) is 21.7. The molecule has 0 bridgehead atoms. The summed E-state index contributed by atoms with van der Waals surface area (Å²) < 4.78 is 13.5. The van der Waals surface area contributed by atoms with Gasteiger partial charge in [0.15, 0.2) is 0 Å². The average Bonchev–Trinajstić information content (AvgIpc) is 3.34. The van der Waals surface area contributed by atoms with Gasteiger partial charge < -0.3 is 9.47 Å². The van der Waals surface area contributed by atoms with Crippen molar-refractivity contribution >= 4 is 34.6 Å². The molecule has 0 spiro atoms. The molecule has 2 saturated heterocycles. The van der Waals surface area contributed by atoms with Crippen molar-refractivity contribution in [1.82, 2.24) is 19.6 Å². The van der Waals surface area contributed by atoms with Crippen LogP contribution in [0.5, 0.6) is 0 Å². The van der Waals surface area contributed by atoms with E-state index in [1.165, 1.54) is 0 Å². The minimum atomic E-state index is -0.683. The van der Waals surface area contributed by atoms with Crippen molar-refractivity contribution < 1.29 is 19.1 Å². The maximum atomic E-state index is 13.5. The number of nitrogens with zero attached hydrogens (tertiary/aromatic N) is 4. The van der Waals surface area contributed by atoms with Crippen molar-refractivity contribution in [3.63, 3.8) is 0 Å². The Labute approximate surface area is 278 Å². The summed E-state index contributed by atoms with van der Waals surface area (Å²) in [6.07, 6.45) is 6.08. The highest BCUT2D eigenvalue weighted by Crippen LogP contribution is 2.42. The predicted molar refractivity (Wildman–Crippen MR) is 183 cm³/mol. The molecule has 0 N–H and O–H groups in total. The van der Waals surface area contributed by atoms with Crippen LogP contribution in [-0.2, 0) is 26.4 Å². The van der Waals surface area contributed by atoms with Gasteiger partial charge in [0.05, 0.1) is 29.8 Å². The van der Waals surface area contributed by atoms with Crippen LogP contribution in [0.4, 0.5) is 4.79 Å². The van der Waals surface area contributed by atoms with E-state index < -0.39 is 16.7 Å². The van der Waals surface area contributed by atoms with Crippen molar-refractivity contribution in [3.8, 4) is 0 Å². The van der Waals surface area contributed by atoms with Crippen molar-refractivity contribution in [3.05, 3.63) is 77.0 Å². The zero-order chi connectivity index (χ0) is 33.3. The molecule has 1 aromatic heterocycles. The smallest absolute Gasteiger partial charge is 0.411 e. The molecule has 248 valence electrons. The molecular weight excluding hydrogens is 600 g/mol. The van der Waals surface area contributed by atoms with E-state index in [-0.39, 0.29) is 18.0 Å². The number of ether oxygens (including phenoxy) is 2. The summed E-state index contributed by atoms with van der Waals surface area (Å²) in [4.78, 5) is 30.0. The van der Waals surface area contributed by atoms with Gasteiger partial charge in [0, 0.05) is 22.9 Å². The van der Waals surface area contributed by atoms with Crippen LogP contribution in [0.15, 0.2) is 55.1 Å². The van der Waals surface area contributed by atoms with Crippen molar-refractivity contribution in [2.45, 2.75) is 103 Å². The fourth-order valence-corrected chi connectivity index (χ4v) is 6.90. The lowest BCUT2D eigenvalue weighted by Gasteiger charge is -2.45. The number of esters is 1. The molecule has 0 radical (unpaired) electrons. The number of aromatic nitrogens is 2. The second-order valence-corrected chi connectivity index (χ2v) is 15.2. The van der Waals surface area contributed by atoms with E-state index >= 15 is 0 Å². The van der Waals surface area contributed by atoms with Gasteiger partial charge in [-0.15, -0.1) is 6.58 Å². The van der Waals surface area contributed by atoms with E-state index in [0.29, 0.717) is 24.7 Å². The van der Waals surface area contributed by atoms with E-state index in [2.05, 4.69) is 34.4 Å². The quantitative estimate of drug-likeness (QED) is 0.191. The summed E-state index contributed by atoms with van der Waals surface area (Å²) in [6.45, 7) is 18.7. The molecule has 0 aliphatic carbocycles. The van der Waals surface area contributed by atoms with Gasteiger partial charge in [-0.3, -0.25) is 19.3 Å². The Hall–Kier alpha value is -3.36. The number of likely N-dealkylation sites (tertiary alicyclic amines) is 2. The van der Waals surface area contributed by atoms with Gasteiger partial charge in [0.2, 0.25) is 0 Å². The van der Waals surface area contributed by atoms with Crippen LogP contribution in [0.3, 0.4) is 0 Å². The average molecular weight is 649 g/mol. The van der Waals surface area contributed by atoms with Gasteiger partial charge in [0.25, 0.3) is 0 Å². The lowest BCUT2D eigenvalue weighted by atomic mass is 9.80. The largest absolute Gasteiger partial charge is 0.459 e. The lowest BCUT2D eigenvalue weighted by Crippen LogP contribution is -2.52. The highest BCUT2D eigenvalue weighted by Gasteiger charge is 2.43. The second kappa shape index (κ2) is 13.4. The fraction of sp³-hybridized carbons (Fsp3) is 0.541. The van der Waals surface area contributed by atoms with E-state index in [0.717, 1.165) is 72.9 Å². The minimum absolute atomic E-state index is 0.185. The standard InChI is InChI=1S/C37H49ClN4O4/c1-8-37(19-9-10-20-41(37)34(44)46-36(5,6)7)28-13-16-30-31(23-28)42(24-26-11-14-29(38)15-12-26)39-33(30)27-17-21-40(22-18-27)25-32(43)45-35(2,3)4/h8,11-16,23,27H,1,9-10,17-22,24-25H2,2-7H3. The molecule has 1 amide bonds. The molecule has 46 heavy (non-hydrogen) atoms. The van der Waals surface area contributed by atoms with Crippen LogP contribution < -0.4 is 0 Å². The van der Waals surface area contributed by atoms with Crippen LogP contribution in [-0.4, -0.2) is 69.0 Å². The Morgan fingerprint density at radius 3 is 2.28 bits per heavy atom. The number of fused-ring (bicyclic) bond motifs is 1. The monoisotopic (exact) mass is 648 g/mol. The first-order valence-electron chi connectivity index (χ1n) is 16.5. The molecule has 0 saturated carbocycles. The summed E-state index contributed by atoms with van der Waals surface area (Å²) >= 11 is 6.20. The Bertz CT molecular complexity index is 1560. The Balaban J connectivity index is 1.48.